The number of rotatable bonds is 13. The van der Waals surface area contributed by atoms with Crippen molar-refractivity contribution in [3.63, 3.8) is 0 Å². The molecule has 2 rings (SSSR count). The van der Waals surface area contributed by atoms with Gasteiger partial charge in [-0.25, -0.2) is 0 Å². The molecule has 1 heterocycles. The Bertz CT molecular complexity index is 990. The molecule has 0 spiro atoms. The second-order valence-corrected chi connectivity index (χ2v) is 8.78. The van der Waals surface area contributed by atoms with Gasteiger partial charge in [-0.15, -0.1) is 0 Å². The molecule has 0 saturated carbocycles. The Labute approximate surface area is 192 Å². The molecule has 0 aliphatic heterocycles. The van der Waals surface area contributed by atoms with Crippen LogP contribution >= 0.6 is 0 Å². The van der Waals surface area contributed by atoms with Crippen molar-refractivity contribution in [3.05, 3.63) is 66.4 Å². The van der Waals surface area contributed by atoms with Crippen LogP contribution in [0.4, 0.5) is 5.69 Å². The number of H-pyrrole nitrogens is 1. The Hall–Kier alpha value is -2.92. The first kappa shape index (κ1) is 25.3. The van der Waals surface area contributed by atoms with Gasteiger partial charge in [-0.2, -0.15) is 0 Å². The summed E-state index contributed by atoms with van der Waals surface area (Å²) in [6.45, 7) is 11.0. The molecule has 0 saturated heterocycles. The topological polar surface area (TPSA) is 94.8 Å². The van der Waals surface area contributed by atoms with Crippen LogP contribution in [0.1, 0.15) is 65.0 Å². The summed E-state index contributed by atoms with van der Waals surface area (Å²) in [6.07, 6.45) is 13.4. The van der Waals surface area contributed by atoms with Gasteiger partial charge in [-0.05, 0) is 75.3 Å². The Morgan fingerprint density at radius 2 is 2.03 bits per heavy atom. The fourth-order valence-electron chi connectivity index (χ4n) is 4.10. The molecule has 32 heavy (non-hydrogen) atoms. The van der Waals surface area contributed by atoms with E-state index >= 15 is 0 Å². The molecule has 0 aliphatic rings. The van der Waals surface area contributed by atoms with Gasteiger partial charge in [0.1, 0.15) is 0 Å². The lowest BCUT2D eigenvalue weighted by molar-refractivity contribution is -0.112. The minimum absolute atomic E-state index is 0.235. The van der Waals surface area contributed by atoms with Crippen LogP contribution in [0.5, 0.6) is 0 Å². The molecule has 2 aromatic rings. The molecule has 1 unspecified atom stereocenters. The van der Waals surface area contributed by atoms with Crippen molar-refractivity contribution in [2.75, 3.05) is 11.9 Å². The third kappa shape index (κ3) is 7.34. The van der Waals surface area contributed by atoms with Gasteiger partial charge in [0.15, 0.2) is 0 Å². The van der Waals surface area contributed by atoms with Crippen molar-refractivity contribution in [3.8, 4) is 0 Å². The van der Waals surface area contributed by atoms with Gasteiger partial charge >= 0.3 is 0 Å². The van der Waals surface area contributed by atoms with Crippen molar-refractivity contribution in [2.45, 2.75) is 59.3 Å². The van der Waals surface area contributed by atoms with E-state index in [4.69, 9.17) is 11.1 Å². The highest BCUT2D eigenvalue weighted by molar-refractivity contribution is 6.06. The van der Waals surface area contributed by atoms with E-state index in [2.05, 4.69) is 30.7 Å². The Morgan fingerprint density at radius 3 is 2.72 bits per heavy atom. The first-order valence-electron chi connectivity index (χ1n) is 11.5. The maximum absolute atomic E-state index is 12.3. The number of carbonyl (C=O) groups excluding carboxylic acids is 1. The molecular weight excluding hydrogens is 396 g/mol. The minimum atomic E-state index is -0.235. The standard InChI is InChI=1S/C27H38N4O/c1-5-7-8-10-20(3)26(32)30-22-12-13-24-21(18-22)19-25(31-24)23(29)11-9-15-27(4,14-6-2)16-17-28/h5,7-8,10,12-13,18-19,29,31H,3,6,9,11,14-17,28H2,1-2,4H3,(H,30,32)/b7-5-,10-8-,29-23?. The molecule has 172 valence electrons. The quantitative estimate of drug-likeness (QED) is 0.165. The summed E-state index contributed by atoms with van der Waals surface area (Å²) < 4.78 is 0. The van der Waals surface area contributed by atoms with E-state index < -0.39 is 0 Å². The number of allylic oxidation sites excluding steroid dienone is 3. The lowest BCUT2D eigenvalue weighted by atomic mass is 9.78. The van der Waals surface area contributed by atoms with Crippen LogP contribution in [0.3, 0.4) is 0 Å². The van der Waals surface area contributed by atoms with Crippen LogP contribution in [0.15, 0.2) is 60.7 Å². The fraction of sp³-hybridized carbons (Fsp3) is 0.407. The highest BCUT2D eigenvalue weighted by atomic mass is 16.1. The zero-order valence-corrected chi connectivity index (χ0v) is 19.8. The van der Waals surface area contributed by atoms with Crippen LogP contribution in [0.25, 0.3) is 10.9 Å². The smallest absolute Gasteiger partial charge is 0.255 e. The Kier molecular flexibility index (Phi) is 9.66. The number of benzene rings is 1. The van der Waals surface area contributed by atoms with Crippen LogP contribution in [-0.2, 0) is 4.79 Å². The van der Waals surface area contributed by atoms with Crippen LogP contribution < -0.4 is 11.1 Å². The first-order chi connectivity index (χ1) is 15.3. The summed E-state index contributed by atoms with van der Waals surface area (Å²) in [7, 11) is 0. The van der Waals surface area contributed by atoms with Crippen molar-refractivity contribution in [1.29, 1.82) is 5.41 Å². The number of amides is 1. The third-order valence-electron chi connectivity index (χ3n) is 5.90. The van der Waals surface area contributed by atoms with Gasteiger partial charge in [0.05, 0.1) is 11.4 Å². The number of nitrogens with one attached hydrogen (secondary N) is 3. The number of nitrogens with two attached hydrogens (primary N) is 1. The summed E-state index contributed by atoms with van der Waals surface area (Å²) in [6, 6.07) is 7.69. The lowest BCUT2D eigenvalue weighted by Crippen LogP contribution is -2.21. The van der Waals surface area contributed by atoms with Crippen LogP contribution in [-0.4, -0.2) is 23.1 Å². The van der Waals surface area contributed by atoms with E-state index in [-0.39, 0.29) is 11.3 Å². The molecule has 1 amide bonds. The van der Waals surface area contributed by atoms with Crippen LogP contribution in [0, 0.1) is 10.8 Å². The summed E-state index contributed by atoms with van der Waals surface area (Å²) in [5, 5.41) is 12.4. The summed E-state index contributed by atoms with van der Waals surface area (Å²) in [5.74, 6) is -0.235. The maximum Gasteiger partial charge on any atom is 0.255 e. The number of aromatic amines is 1. The zero-order chi connectivity index (χ0) is 23.6. The number of carbonyl (C=O) groups is 1. The summed E-state index contributed by atoms with van der Waals surface area (Å²) in [4.78, 5) is 15.7. The van der Waals surface area contributed by atoms with Gasteiger partial charge in [-0.3, -0.25) is 4.79 Å². The number of fused-ring (bicyclic) bond motifs is 1. The number of hydrogen-bond donors (Lipinski definition) is 4. The van der Waals surface area contributed by atoms with Gasteiger partial charge < -0.3 is 21.4 Å². The molecule has 1 aromatic carbocycles. The number of anilines is 1. The molecule has 5 nitrogen and oxygen atoms in total. The first-order valence-corrected chi connectivity index (χ1v) is 11.5. The molecule has 0 aliphatic carbocycles. The van der Waals surface area contributed by atoms with Gasteiger partial charge in [-0.1, -0.05) is 51.2 Å². The van der Waals surface area contributed by atoms with E-state index in [1.807, 2.05) is 43.3 Å². The molecule has 0 bridgehead atoms. The van der Waals surface area contributed by atoms with Gasteiger partial charge in [0.25, 0.3) is 5.91 Å². The van der Waals surface area contributed by atoms with Crippen molar-refractivity contribution < 1.29 is 4.79 Å². The molecule has 5 heteroatoms. The van der Waals surface area contributed by atoms with E-state index in [9.17, 15) is 4.79 Å². The fourth-order valence-corrected chi connectivity index (χ4v) is 4.10. The van der Waals surface area contributed by atoms with E-state index in [0.29, 0.717) is 23.5 Å². The van der Waals surface area contributed by atoms with Crippen LogP contribution in [0.2, 0.25) is 0 Å². The SMILES string of the molecule is C=C(/C=C\C=C/C)C(=O)Nc1ccc2[nH]c(C(=N)CCCC(C)(CCC)CCN)cc2c1. The third-order valence-corrected chi connectivity index (χ3v) is 5.90. The molecule has 0 radical (unpaired) electrons. The molecule has 0 fully saturated rings. The summed E-state index contributed by atoms with van der Waals surface area (Å²) in [5.41, 5.74) is 9.57. The second kappa shape index (κ2) is 12.2. The second-order valence-electron chi connectivity index (χ2n) is 8.78. The van der Waals surface area contributed by atoms with E-state index in [1.54, 1.807) is 12.2 Å². The van der Waals surface area contributed by atoms with Crippen molar-refractivity contribution in [2.24, 2.45) is 11.1 Å². The predicted octanol–water partition coefficient (Wildman–Crippen LogP) is 6.49. The van der Waals surface area contributed by atoms with Gasteiger partial charge in [0, 0.05) is 22.2 Å². The average Bonchev–Trinajstić information content (AvgIpc) is 3.17. The van der Waals surface area contributed by atoms with E-state index in [0.717, 1.165) is 48.7 Å². The number of aromatic nitrogens is 1. The Balaban J connectivity index is 2.00. The summed E-state index contributed by atoms with van der Waals surface area (Å²) >= 11 is 0. The molecule has 1 aromatic heterocycles. The van der Waals surface area contributed by atoms with E-state index in [1.165, 1.54) is 6.42 Å². The zero-order valence-electron chi connectivity index (χ0n) is 19.8. The van der Waals surface area contributed by atoms with Crippen molar-refractivity contribution >= 4 is 28.2 Å². The van der Waals surface area contributed by atoms with Crippen molar-refractivity contribution in [1.82, 2.24) is 4.98 Å². The highest BCUT2D eigenvalue weighted by Gasteiger charge is 2.22. The predicted molar refractivity (Wildman–Crippen MR) is 137 cm³/mol. The normalized spacial score (nSPS) is 13.6. The maximum atomic E-state index is 12.3. The lowest BCUT2D eigenvalue weighted by Gasteiger charge is -2.29. The molecular formula is C27H38N4O. The minimum Gasteiger partial charge on any atom is -0.354 e. The average molecular weight is 435 g/mol. The number of hydrogen-bond acceptors (Lipinski definition) is 3. The monoisotopic (exact) mass is 434 g/mol. The highest BCUT2D eigenvalue weighted by Crippen LogP contribution is 2.33. The Morgan fingerprint density at radius 1 is 1.25 bits per heavy atom. The largest absolute Gasteiger partial charge is 0.354 e. The molecule has 1 atom stereocenters. The van der Waals surface area contributed by atoms with Gasteiger partial charge in [0.2, 0.25) is 0 Å². The molecule has 5 N–H and O–H groups in total.